The van der Waals surface area contributed by atoms with E-state index in [0.717, 1.165) is 6.54 Å². The Hall–Kier alpha value is -2.99. The quantitative estimate of drug-likeness (QED) is 0.759. The van der Waals surface area contributed by atoms with Crippen LogP contribution in [0.3, 0.4) is 0 Å². The van der Waals surface area contributed by atoms with E-state index in [2.05, 4.69) is 16.9 Å². The van der Waals surface area contributed by atoms with Gasteiger partial charge in [0.25, 0.3) is 5.96 Å². The lowest BCUT2D eigenvalue weighted by Crippen LogP contribution is -3.18. The van der Waals surface area contributed by atoms with Crippen LogP contribution >= 0.6 is 0 Å². The van der Waals surface area contributed by atoms with Gasteiger partial charge in [-0.25, -0.2) is 4.99 Å². The lowest BCUT2D eigenvalue weighted by atomic mass is 9.96. The molecule has 0 bridgehead atoms. The smallest absolute Gasteiger partial charge is 0.298 e. The molecule has 0 radical (unpaired) electrons. The van der Waals surface area contributed by atoms with Crippen LogP contribution in [0.1, 0.15) is 47.2 Å². The minimum Gasteiger partial charge on any atom is -0.550 e. The minimum absolute atomic E-state index is 0.118. The third-order valence-corrected chi connectivity index (χ3v) is 5.59. The first-order chi connectivity index (χ1) is 14.5. The zero-order chi connectivity index (χ0) is 21.5. The molecule has 2 aliphatic heterocycles. The predicted molar refractivity (Wildman–Crippen MR) is 115 cm³/mol. The highest BCUT2D eigenvalue weighted by Gasteiger charge is 2.27. The van der Waals surface area contributed by atoms with E-state index >= 15 is 0 Å². The normalized spacial score (nSPS) is 18.9. The van der Waals surface area contributed by atoms with Gasteiger partial charge in [0.15, 0.2) is 5.78 Å². The maximum Gasteiger partial charge on any atom is 0.298 e. The summed E-state index contributed by atoms with van der Waals surface area (Å²) in [4.78, 5) is 31.5. The third kappa shape index (κ3) is 5.33. The largest absolute Gasteiger partial charge is 0.550 e. The van der Waals surface area contributed by atoms with Gasteiger partial charge in [0, 0.05) is 49.4 Å². The first-order valence-electron chi connectivity index (χ1n) is 10.5. The second-order valence-electron chi connectivity index (χ2n) is 7.80. The van der Waals surface area contributed by atoms with E-state index in [9.17, 15) is 14.7 Å². The second-order valence-corrected chi connectivity index (χ2v) is 7.80. The molecule has 0 aliphatic carbocycles. The minimum atomic E-state index is -1.15. The van der Waals surface area contributed by atoms with Crippen molar-refractivity contribution in [1.29, 1.82) is 0 Å². The molecule has 4 rings (SSSR count). The van der Waals surface area contributed by atoms with Gasteiger partial charge in [0.1, 0.15) is 0 Å². The summed E-state index contributed by atoms with van der Waals surface area (Å²) in [6, 6.07) is 15.5. The van der Waals surface area contributed by atoms with Crippen molar-refractivity contribution in [3.8, 4) is 0 Å². The van der Waals surface area contributed by atoms with E-state index < -0.39 is 11.9 Å². The van der Waals surface area contributed by atoms with Crippen molar-refractivity contribution in [3.05, 3.63) is 71.3 Å². The Bertz CT molecular complexity index is 911. The van der Waals surface area contributed by atoms with Crippen molar-refractivity contribution in [1.82, 2.24) is 4.90 Å². The number of guanidine groups is 1. The number of nitrogens with zero attached hydrogens (tertiary/aromatic N) is 2. The Morgan fingerprint density at radius 1 is 1.03 bits per heavy atom. The van der Waals surface area contributed by atoms with E-state index in [-0.39, 0.29) is 5.78 Å². The van der Waals surface area contributed by atoms with Gasteiger partial charge >= 0.3 is 0 Å². The number of carbonyl (C=O) groups is 2. The molecule has 2 aromatic rings. The molecule has 0 amide bonds. The Labute approximate surface area is 177 Å². The van der Waals surface area contributed by atoms with Gasteiger partial charge in [-0.1, -0.05) is 55.5 Å². The fraction of sp³-hybridized carbons (Fsp3) is 0.375. The molecular weight excluding hydrogens is 378 g/mol. The highest BCUT2D eigenvalue weighted by Crippen LogP contribution is 2.18. The number of ketones is 1. The first kappa shape index (κ1) is 21.7. The molecule has 2 atom stereocenters. The summed E-state index contributed by atoms with van der Waals surface area (Å²) < 4.78 is 0. The lowest BCUT2D eigenvalue weighted by Gasteiger charge is -2.33. The highest BCUT2D eigenvalue weighted by molar-refractivity contribution is 6.09. The highest BCUT2D eigenvalue weighted by atomic mass is 16.4. The fourth-order valence-corrected chi connectivity index (χ4v) is 3.81. The van der Waals surface area contributed by atoms with Crippen molar-refractivity contribution >= 4 is 17.7 Å². The molecule has 0 spiro atoms. The number of nitrogens with one attached hydrogen (secondary N) is 1. The van der Waals surface area contributed by atoms with Crippen molar-refractivity contribution < 1.29 is 19.6 Å². The van der Waals surface area contributed by atoms with Gasteiger partial charge in [-0.15, -0.1) is 0 Å². The van der Waals surface area contributed by atoms with Crippen LogP contribution in [0.2, 0.25) is 0 Å². The molecule has 158 valence electrons. The average molecular weight is 408 g/mol. The Morgan fingerprint density at radius 3 is 2.43 bits per heavy atom. The van der Waals surface area contributed by atoms with Crippen LogP contribution in [-0.2, 0) is 4.79 Å². The summed E-state index contributed by atoms with van der Waals surface area (Å²) in [6.45, 7) is 6.37. The summed E-state index contributed by atoms with van der Waals surface area (Å²) in [5.41, 5.74) is 1.64. The SMILES string of the molecule is CC(C(=O)[O-])c1cccc(C(=O)c2ccccc2)c1.CN1CCC[NH+]2CCCN=C12. The van der Waals surface area contributed by atoms with Crippen molar-refractivity contribution in [2.75, 3.05) is 33.2 Å². The fourth-order valence-electron chi connectivity index (χ4n) is 3.81. The number of aliphatic carboxylic acids is 1. The number of aliphatic imine (C=N–C) groups is 1. The van der Waals surface area contributed by atoms with Crippen LogP contribution in [0.15, 0.2) is 59.6 Å². The summed E-state index contributed by atoms with van der Waals surface area (Å²) in [6.07, 6.45) is 2.59. The second kappa shape index (κ2) is 10.2. The van der Waals surface area contributed by atoms with Gasteiger partial charge in [0.05, 0.1) is 19.6 Å². The summed E-state index contributed by atoms with van der Waals surface area (Å²) >= 11 is 0. The van der Waals surface area contributed by atoms with E-state index in [1.54, 1.807) is 60.4 Å². The molecule has 2 heterocycles. The average Bonchev–Trinajstić information content (AvgIpc) is 2.79. The molecule has 6 heteroatoms. The number of benzene rings is 2. The van der Waals surface area contributed by atoms with E-state index in [0.29, 0.717) is 16.7 Å². The molecule has 2 aromatic carbocycles. The molecule has 0 aromatic heterocycles. The van der Waals surface area contributed by atoms with Crippen LogP contribution in [0, 0.1) is 0 Å². The maximum absolute atomic E-state index is 12.2. The van der Waals surface area contributed by atoms with Crippen LogP contribution < -0.4 is 10.0 Å². The van der Waals surface area contributed by atoms with Crippen LogP contribution in [0.5, 0.6) is 0 Å². The van der Waals surface area contributed by atoms with Gasteiger partial charge in [-0.05, 0) is 11.6 Å². The summed E-state index contributed by atoms with van der Waals surface area (Å²) in [5, 5.41) is 10.9. The van der Waals surface area contributed by atoms with Gasteiger partial charge < -0.3 is 14.8 Å². The number of hydrogen-bond acceptors (Lipinski definition) is 5. The lowest BCUT2D eigenvalue weighted by molar-refractivity contribution is -0.818. The summed E-state index contributed by atoms with van der Waals surface area (Å²) in [7, 11) is 2.16. The zero-order valence-electron chi connectivity index (χ0n) is 17.6. The monoisotopic (exact) mass is 407 g/mol. The van der Waals surface area contributed by atoms with Crippen LogP contribution in [0.25, 0.3) is 0 Å². The molecule has 6 nitrogen and oxygen atoms in total. The van der Waals surface area contributed by atoms with Gasteiger partial charge in [-0.3, -0.25) is 9.69 Å². The molecule has 0 saturated carbocycles. The summed E-state index contributed by atoms with van der Waals surface area (Å²) in [5.74, 6) is -0.691. The first-order valence-corrected chi connectivity index (χ1v) is 10.5. The number of fused-ring (bicyclic) bond motifs is 1. The van der Waals surface area contributed by atoms with Gasteiger partial charge in [-0.2, -0.15) is 0 Å². The Kier molecular flexibility index (Phi) is 7.36. The molecule has 1 N–H and O–H groups in total. The number of carbonyl (C=O) groups excluding carboxylic acids is 2. The molecule has 1 saturated heterocycles. The third-order valence-electron chi connectivity index (χ3n) is 5.59. The zero-order valence-corrected chi connectivity index (χ0v) is 17.6. The van der Waals surface area contributed by atoms with Crippen molar-refractivity contribution in [3.63, 3.8) is 0 Å². The van der Waals surface area contributed by atoms with Gasteiger partial charge in [0.2, 0.25) is 0 Å². The predicted octanol–water partition coefficient (Wildman–Crippen LogP) is 0.738. The van der Waals surface area contributed by atoms with Crippen molar-refractivity contribution in [2.24, 2.45) is 4.99 Å². The van der Waals surface area contributed by atoms with Crippen LogP contribution in [-0.4, -0.2) is 55.8 Å². The number of carboxylic acid groups (broad SMARTS) is 1. The molecule has 2 aliphatic rings. The molecular formula is C24H29N3O3. The molecule has 2 unspecified atom stereocenters. The van der Waals surface area contributed by atoms with Crippen molar-refractivity contribution in [2.45, 2.75) is 25.7 Å². The van der Waals surface area contributed by atoms with E-state index in [4.69, 9.17) is 0 Å². The van der Waals surface area contributed by atoms with E-state index in [1.807, 2.05) is 6.07 Å². The number of quaternary nitrogens is 1. The number of rotatable bonds is 4. The topological polar surface area (TPSA) is 77.2 Å². The maximum atomic E-state index is 12.2. The number of carboxylic acids is 1. The molecule has 1 fully saturated rings. The Balaban J connectivity index is 0.000000196. The van der Waals surface area contributed by atoms with E-state index in [1.165, 1.54) is 38.4 Å². The van der Waals surface area contributed by atoms with Crippen LogP contribution in [0.4, 0.5) is 0 Å². The molecule has 30 heavy (non-hydrogen) atoms. The Morgan fingerprint density at radius 2 is 1.73 bits per heavy atom. The standard InChI is InChI=1S/C16H14O3.C8H15N3/c1-11(16(18)19)13-8-5-9-14(10-13)15(17)12-6-3-2-4-7-12;1-10-5-3-7-11-6-2-4-9-8(10)11/h2-11H,1H3,(H,18,19);2-7H2,1H3. The number of hydrogen-bond donors (Lipinski definition) is 1.